The Bertz CT molecular complexity index is 326. The molecule has 1 saturated heterocycles. The van der Waals surface area contributed by atoms with Gasteiger partial charge in [0.05, 0.1) is 25.4 Å². The van der Waals surface area contributed by atoms with Crippen LogP contribution >= 0.6 is 0 Å². The Hall–Kier alpha value is -0.160. The minimum atomic E-state index is -0.360. The minimum Gasteiger partial charge on any atom is -0.393 e. The van der Waals surface area contributed by atoms with Gasteiger partial charge < -0.3 is 19.7 Å². The molecule has 0 aromatic carbocycles. The van der Waals surface area contributed by atoms with E-state index in [1.165, 1.54) is 0 Å². The van der Waals surface area contributed by atoms with E-state index in [1.807, 2.05) is 0 Å². The van der Waals surface area contributed by atoms with Crippen molar-refractivity contribution in [2.24, 2.45) is 17.8 Å². The van der Waals surface area contributed by atoms with Crippen molar-refractivity contribution in [3.05, 3.63) is 0 Å². The number of unbranched alkanes of at least 4 members (excludes halogenated alkanes) is 1. The maximum absolute atomic E-state index is 10.3. The molecule has 0 bridgehead atoms. The molecule has 3 rings (SSSR count). The smallest absolute Gasteiger partial charge is 0.171 e. The van der Waals surface area contributed by atoms with Crippen LogP contribution in [0.2, 0.25) is 0 Å². The Morgan fingerprint density at radius 2 is 2.00 bits per heavy atom. The van der Waals surface area contributed by atoms with Crippen LogP contribution in [0, 0.1) is 17.8 Å². The van der Waals surface area contributed by atoms with Crippen molar-refractivity contribution >= 4 is 0 Å². The van der Waals surface area contributed by atoms with Gasteiger partial charge >= 0.3 is 0 Å². The molecule has 5 unspecified atom stereocenters. The Kier molecular flexibility index (Phi) is 4.37. The number of aliphatic hydroxyl groups excluding tert-OH is 2. The first-order valence-electron chi connectivity index (χ1n) is 8.30. The van der Waals surface area contributed by atoms with Crippen LogP contribution in [-0.2, 0) is 9.47 Å². The third-order valence-corrected chi connectivity index (χ3v) is 5.64. The van der Waals surface area contributed by atoms with E-state index >= 15 is 0 Å². The number of aliphatic hydroxyl groups is 2. The molecule has 2 N–H and O–H groups in total. The number of rotatable bonds is 6. The lowest BCUT2D eigenvalue weighted by molar-refractivity contribution is -0.272. The average Bonchev–Trinajstić information content (AvgIpc) is 3.01. The summed E-state index contributed by atoms with van der Waals surface area (Å²) >= 11 is 0. The first kappa shape index (κ1) is 14.8. The Balaban J connectivity index is 1.49. The Morgan fingerprint density at radius 3 is 2.70 bits per heavy atom. The molecule has 0 amide bonds. The molecule has 2 saturated carbocycles. The first-order chi connectivity index (χ1) is 9.66. The lowest BCUT2D eigenvalue weighted by atomic mass is 9.66. The van der Waals surface area contributed by atoms with Gasteiger partial charge in [0.25, 0.3) is 0 Å². The van der Waals surface area contributed by atoms with Crippen LogP contribution in [-0.4, -0.2) is 41.4 Å². The van der Waals surface area contributed by atoms with Crippen molar-refractivity contribution in [3.8, 4) is 0 Å². The number of hydrogen-bond acceptors (Lipinski definition) is 4. The highest BCUT2D eigenvalue weighted by molar-refractivity contribution is 5.08. The van der Waals surface area contributed by atoms with Gasteiger partial charge in [-0.3, -0.25) is 0 Å². The lowest BCUT2D eigenvalue weighted by Gasteiger charge is -2.49. The second kappa shape index (κ2) is 5.91. The summed E-state index contributed by atoms with van der Waals surface area (Å²) in [5.41, 5.74) is 0. The molecule has 0 aromatic rings. The largest absolute Gasteiger partial charge is 0.393 e. The molecule has 116 valence electrons. The first-order valence-corrected chi connectivity index (χ1v) is 8.30. The monoisotopic (exact) mass is 284 g/mol. The summed E-state index contributed by atoms with van der Waals surface area (Å²) < 4.78 is 11.6. The fraction of sp³-hybridized carbons (Fsp3) is 1.00. The topological polar surface area (TPSA) is 58.9 Å². The standard InChI is InChI=1S/C16H28O4/c1-2-3-4-11(17)5-6-12-13-10-16(19-7-8-20-16)14(13)9-15(12)18/h11-15,17-18H,2-10H2,1H3. The van der Waals surface area contributed by atoms with Gasteiger partial charge in [0.1, 0.15) is 0 Å². The van der Waals surface area contributed by atoms with Crippen molar-refractivity contribution in [1.29, 1.82) is 0 Å². The highest BCUT2D eigenvalue weighted by Crippen LogP contribution is 2.60. The van der Waals surface area contributed by atoms with Gasteiger partial charge in [-0.15, -0.1) is 0 Å². The van der Waals surface area contributed by atoms with Crippen molar-refractivity contribution < 1.29 is 19.7 Å². The van der Waals surface area contributed by atoms with Crippen LogP contribution in [0.5, 0.6) is 0 Å². The van der Waals surface area contributed by atoms with Crippen molar-refractivity contribution in [2.75, 3.05) is 13.2 Å². The molecular weight excluding hydrogens is 256 g/mol. The molecule has 0 radical (unpaired) electrons. The van der Waals surface area contributed by atoms with Crippen LogP contribution in [0.15, 0.2) is 0 Å². The summed E-state index contributed by atoms with van der Waals surface area (Å²) in [7, 11) is 0. The molecular formula is C16H28O4. The van der Waals surface area contributed by atoms with Gasteiger partial charge in [-0.1, -0.05) is 19.8 Å². The minimum absolute atomic E-state index is 0.200. The maximum atomic E-state index is 10.3. The predicted octanol–water partition coefficient (Wildman–Crippen LogP) is 2.08. The SMILES string of the molecule is CCCCC(O)CCC1C(O)CC2C1CC21OCCO1. The molecule has 3 fully saturated rings. The van der Waals surface area contributed by atoms with Crippen LogP contribution in [0.25, 0.3) is 0 Å². The van der Waals surface area contributed by atoms with E-state index in [1.54, 1.807) is 0 Å². The summed E-state index contributed by atoms with van der Waals surface area (Å²) in [6.07, 6.45) is 6.16. The average molecular weight is 284 g/mol. The van der Waals surface area contributed by atoms with Gasteiger partial charge in [0, 0.05) is 12.3 Å². The summed E-state index contributed by atoms with van der Waals surface area (Å²) in [5, 5.41) is 20.3. The van der Waals surface area contributed by atoms with Crippen LogP contribution in [0.3, 0.4) is 0 Å². The molecule has 4 nitrogen and oxygen atoms in total. The van der Waals surface area contributed by atoms with E-state index < -0.39 is 0 Å². The lowest BCUT2D eigenvalue weighted by Crippen LogP contribution is -2.53. The molecule has 2 aliphatic carbocycles. The number of fused-ring (bicyclic) bond motifs is 2. The number of hydrogen-bond donors (Lipinski definition) is 2. The van der Waals surface area contributed by atoms with Gasteiger partial charge in [0.15, 0.2) is 5.79 Å². The van der Waals surface area contributed by atoms with E-state index in [-0.39, 0.29) is 18.0 Å². The fourth-order valence-electron chi connectivity index (χ4n) is 4.49. The summed E-state index contributed by atoms with van der Waals surface area (Å²) in [6, 6.07) is 0. The molecule has 0 aromatic heterocycles. The van der Waals surface area contributed by atoms with Gasteiger partial charge in [-0.05, 0) is 37.5 Å². The molecule has 1 aliphatic heterocycles. The Morgan fingerprint density at radius 1 is 1.25 bits per heavy atom. The number of ether oxygens (including phenoxy) is 2. The maximum Gasteiger partial charge on any atom is 0.171 e. The second-order valence-corrected chi connectivity index (χ2v) is 6.82. The van der Waals surface area contributed by atoms with E-state index in [0.717, 1.165) is 44.9 Å². The van der Waals surface area contributed by atoms with E-state index in [0.29, 0.717) is 31.0 Å². The van der Waals surface area contributed by atoms with Crippen LogP contribution in [0.1, 0.15) is 51.9 Å². The van der Waals surface area contributed by atoms with E-state index in [9.17, 15) is 10.2 Å². The molecule has 3 aliphatic rings. The zero-order valence-corrected chi connectivity index (χ0v) is 12.5. The van der Waals surface area contributed by atoms with Gasteiger partial charge in [-0.2, -0.15) is 0 Å². The quantitative estimate of drug-likeness (QED) is 0.784. The van der Waals surface area contributed by atoms with E-state index in [4.69, 9.17) is 9.47 Å². The van der Waals surface area contributed by atoms with Crippen molar-refractivity contribution in [1.82, 2.24) is 0 Å². The van der Waals surface area contributed by atoms with E-state index in [2.05, 4.69) is 6.92 Å². The van der Waals surface area contributed by atoms with Crippen LogP contribution in [0.4, 0.5) is 0 Å². The third-order valence-electron chi connectivity index (χ3n) is 5.64. The fourth-order valence-corrected chi connectivity index (χ4v) is 4.49. The summed E-state index contributed by atoms with van der Waals surface area (Å²) in [4.78, 5) is 0. The second-order valence-electron chi connectivity index (χ2n) is 6.82. The third kappa shape index (κ3) is 2.52. The Labute approximate surface area is 121 Å². The molecule has 1 spiro atoms. The highest BCUT2D eigenvalue weighted by Gasteiger charge is 2.64. The molecule has 5 atom stereocenters. The highest BCUT2D eigenvalue weighted by atomic mass is 16.7. The molecule has 1 heterocycles. The van der Waals surface area contributed by atoms with Crippen molar-refractivity contribution in [3.63, 3.8) is 0 Å². The summed E-state index contributed by atoms with van der Waals surface area (Å²) in [6.45, 7) is 3.53. The van der Waals surface area contributed by atoms with Crippen LogP contribution < -0.4 is 0 Å². The predicted molar refractivity (Wildman–Crippen MR) is 75.1 cm³/mol. The zero-order valence-electron chi connectivity index (χ0n) is 12.5. The summed E-state index contributed by atoms with van der Waals surface area (Å²) in [5.74, 6) is 0.871. The van der Waals surface area contributed by atoms with Crippen molar-refractivity contribution in [2.45, 2.75) is 69.9 Å². The zero-order chi connectivity index (χ0) is 14.2. The molecule has 4 heteroatoms. The van der Waals surface area contributed by atoms with Gasteiger partial charge in [0.2, 0.25) is 0 Å². The van der Waals surface area contributed by atoms with Gasteiger partial charge in [-0.25, -0.2) is 0 Å². The normalized spacial score (nSPS) is 39.8. The molecule has 20 heavy (non-hydrogen) atoms.